The summed E-state index contributed by atoms with van der Waals surface area (Å²) in [5.74, 6) is 1.36. The minimum atomic E-state index is -0.169. The molecule has 0 spiro atoms. The van der Waals surface area contributed by atoms with E-state index in [4.69, 9.17) is 4.98 Å². The summed E-state index contributed by atoms with van der Waals surface area (Å²) in [6, 6.07) is 15.1. The molecule has 1 aliphatic heterocycles. The van der Waals surface area contributed by atoms with E-state index >= 15 is 0 Å². The van der Waals surface area contributed by atoms with E-state index < -0.39 is 0 Å². The first kappa shape index (κ1) is 17.5. The molecule has 1 aliphatic rings. The quantitative estimate of drug-likeness (QED) is 0.704. The van der Waals surface area contributed by atoms with Crippen molar-refractivity contribution in [3.63, 3.8) is 0 Å². The highest BCUT2D eigenvalue weighted by Crippen LogP contribution is 2.35. The predicted molar refractivity (Wildman–Crippen MR) is 107 cm³/mol. The Hall–Kier alpha value is -2.95. The van der Waals surface area contributed by atoms with Crippen molar-refractivity contribution in [2.24, 2.45) is 0 Å². The lowest BCUT2D eigenvalue weighted by molar-refractivity contribution is 0.593. The topological polar surface area (TPSA) is 41.1 Å². The van der Waals surface area contributed by atoms with E-state index in [-0.39, 0.29) is 11.9 Å². The van der Waals surface area contributed by atoms with Crippen molar-refractivity contribution in [1.29, 1.82) is 0 Å². The average molecular weight is 362 g/mol. The number of benzene rings is 2. The third-order valence-electron chi connectivity index (χ3n) is 5.31. The van der Waals surface area contributed by atoms with Crippen LogP contribution >= 0.6 is 0 Å². The van der Waals surface area contributed by atoms with Gasteiger partial charge in [0.25, 0.3) is 0 Å². The van der Waals surface area contributed by atoms with Gasteiger partial charge in [-0.05, 0) is 62.6 Å². The summed E-state index contributed by atoms with van der Waals surface area (Å²) < 4.78 is 13.6. The number of nitrogens with zero attached hydrogens (tertiary/aromatic N) is 3. The van der Waals surface area contributed by atoms with Gasteiger partial charge in [-0.1, -0.05) is 24.3 Å². The second-order valence-electron chi connectivity index (χ2n) is 7.03. The highest BCUT2D eigenvalue weighted by Gasteiger charge is 2.27. The third kappa shape index (κ3) is 3.37. The molecule has 138 valence electrons. The van der Waals surface area contributed by atoms with Gasteiger partial charge in [-0.25, -0.2) is 9.37 Å². The SMILES string of the molecule is Cc1nc(Nc2ccccc2)nc(N2CCc3cc(F)ccc3C2C)c1C. The van der Waals surface area contributed by atoms with Crippen LogP contribution in [0.2, 0.25) is 0 Å². The van der Waals surface area contributed by atoms with Crippen molar-refractivity contribution >= 4 is 17.5 Å². The van der Waals surface area contributed by atoms with E-state index in [2.05, 4.69) is 29.0 Å². The van der Waals surface area contributed by atoms with Gasteiger partial charge in [0.15, 0.2) is 0 Å². The summed E-state index contributed by atoms with van der Waals surface area (Å²) in [6.45, 7) is 7.02. The molecular weight excluding hydrogens is 339 g/mol. The molecule has 1 aromatic heterocycles. The van der Waals surface area contributed by atoms with Gasteiger partial charge >= 0.3 is 0 Å². The van der Waals surface area contributed by atoms with Gasteiger partial charge in [-0.2, -0.15) is 4.98 Å². The van der Waals surface area contributed by atoms with Crippen LogP contribution in [0.25, 0.3) is 0 Å². The van der Waals surface area contributed by atoms with Crippen LogP contribution in [0, 0.1) is 19.7 Å². The van der Waals surface area contributed by atoms with Crippen molar-refractivity contribution in [3.05, 3.63) is 76.7 Å². The fourth-order valence-electron chi connectivity index (χ4n) is 3.69. The summed E-state index contributed by atoms with van der Waals surface area (Å²) in [5.41, 5.74) is 5.24. The fourth-order valence-corrected chi connectivity index (χ4v) is 3.69. The third-order valence-corrected chi connectivity index (χ3v) is 5.31. The van der Waals surface area contributed by atoms with Gasteiger partial charge in [-0.15, -0.1) is 0 Å². The van der Waals surface area contributed by atoms with E-state index in [0.717, 1.165) is 46.9 Å². The summed E-state index contributed by atoms with van der Waals surface area (Å²) in [7, 11) is 0. The van der Waals surface area contributed by atoms with Gasteiger partial charge < -0.3 is 10.2 Å². The van der Waals surface area contributed by atoms with Crippen LogP contribution in [-0.2, 0) is 6.42 Å². The normalized spacial score (nSPS) is 16.1. The number of aromatic nitrogens is 2. The number of halogens is 1. The lowest BCUT2D eigenvalue weighted by Crippen LogP contribution is -2.35. The lowest BCUT2D eigenvalue weighted by atomic mass is 9.93. The molecule has 0 radical (unpaired) electrons. The molecule has 4 rings (SSSR count). The molecule has 1 N–H and O–H groups in total. The zero-order chi connectivity index (χ0) is 19.0. The summed E-state index contributed by atoms with van der Waals surface area (Å²) in [4.78, 5) is 11.7. The van der Waals surface area contributed by atoms with Crippen LogP contribution in [0.5, 0.6) is 0 Å². The molecule has 2 aromatic carbocycles. The molecule has 0 bridgehead atoms. The van der Waals surface area contributed by atoms with Crippen LogP contribution in [0.15, 0.2) is 48.5 Å². The first-order valence-corrected chi connectivity index (χ1v) is 9.25. The number of anilines is 3. The van der Waals surface area contributed by atoms with Gasteiger partial charge in [0.05, 0.1) is 6.04 Å². The number of aryl methyl sites for hydroxylation is 1. The zero-order valence-electron chi connectivity index (χ0n) is 15.8. The standard InChI is InChI=1S/C22H23FN4/c1-14-15(2)24-22(25-19-7-5-4-6-8-19)26-21(14)27-12-11-17-13-18(23)9-10-20(17)16(27)3/h4-10,13,16H,11-12H2,1-3H3,(H,24,25,26). The molecular formula is C22H23FN4. The highest BCUT2D eigenvalue weighted by molar-refractivity contribution is 5.59. The smallest absolute Gasteiger partial charge is 0.229 e. The molecule has 3 aromatic rings. The average Bonchev–Trinajstić information content (AvgIpc) is 2.66. The Morgan fingerprint density at radius 2 is 1.85 bits per heavy atom. The van der Waals surface area contributed by atoms with Gasteiger partial charge in [0.2, 0.25) is 5.95 Å². The molecule has 2 heterocycles. The Morgan fingerprint density at radius 3 is 2.63 bits per heavy atom. The summed E-state index contributed by atoms with van der Waals surface area (Å²) in [5, 5.41) is 3.29. The van der Waals surface area contributed by atoms with Crippen LogP contribution in [0.1, 0.15) is 35.3 Å². The Bertz CT molecular complexity index is 972. The first-order chi connectivity index (χ1) is 13.0. The molecule has 1 atom stereocenters. The number of fused-ring (bicyclic) bond motifs is 1. The van der Waals surface area contributed by atoms with Crippen LogP contribution in [0.3, 0.4) is 0 Å². The zero-order valence-corrected chi connectivity index (χ0v) is 15.8. The molecule has 1 unspecified atom stereocenters. The summed E-state index contributed by atoms with van der Waals surface area (Å²) in [6.07, 6.45) is 0.807. The van der Waals surface area contributed by atoms with E-state index in [9.17, 15) is 4.39 Å². The number of para-hydroxylation sites is 1. The predicted octanol–water partition coefficient (Wildman–Crippen LogP) is 5.10. The second kappa shape index (κ2) is 6.99. The number of nitrogens with one attached hydrogen (secondary N) is 1. The fraction of sp³-hybridized carbons (Fsp3) is 0.273. The number of rotatable bonds is 3. The maximum atomic E-state index is 13.6. The van der Waals surface area contributed by atoms with Crippen molar-refractivity contribution in [2.75, 3.05) is 16.8 Å². The van der Waals surface area contributed by atoms with E-state index in [1.54, 1.807) is 12.1 Å². The molecule has 27 heavy (non-hydrogen) atoms. The molecule has 0 fully saturated rings. The molecule has 0 saturated heterocycles. The molecule has 0 aliphatic carbocycles. The van der Waals surface area contributed by atoms with Gasteiger partial charge in [0, 0.05) is 23.5 Å². The summed E-state index contributed by atoms with van der Waals surface area (Å²) >= 11 is 0. The van der Waals surface area contributed by atoms with Crippen LogP contribution in [0.4, 0.5) is 21.8 Å². The molecule has 0 amide bonds. The van der Waals surface area contributed by atoms with Crippen molar-refractivity contribution in [1.82, 2.24) is 9.97 Å². The first-order valence-electron chi connectivity index (χ1n) is 9.25. The van der Waals surface area contributed by atoms with Gasteiger partial charge in [-0.3, -0.25) is 0 Å². The van der Waals surface area contributed by atoms with E-state index in [1.165, 1.54) is 0 Å². The van der Waals surface area contributed by atoms with Crippen LogP contribution in [-0.4, -0.2) is 16.5 Å². The largest absolute Gasteiger partial charge is 0.349 e. The minimum absolute atomic E-state index is 0.131. The second-order valence-corrected chi connectivity index (χ2v) is 7.03. The number of hydrogen-bond donors (Lipinski definition) is 1. The minimum Gasteiger partial charge on any atom is -0.349 e. The van der Waals surface area contributed by atoms with Crippen molar-refractivity contribution in [2.45, 2.75) is 33.2 Å². The molecule has 0 saturated carbocycles. The Kier molecular flexibility index (Phi) is 4.52. The lowest BCUT2D eigenvalue weighted by Gasteiger charge is -2.37. The maximum Gasteiger partial charge on any atom is 0.229 e. The monoisotopic (exact) mass is 362 g/mol. The molecule has 5 heteroatoms. The van der Waals surface area contributed by atoms with Crippen molar-refractivity contribution in [3.8, 4) is 0 Å². The Morgan fingerprint density at radius 1 is 1.07 bits per heavy atom. The van der Waals surface area contributed by atoms with Crippen LogP contribution < -0.4 is 10.2 Å². The Labute approximate surface area is 159 Å². The van der Waals surface area contributed by atoms with E-state index in [0.29, 0.717) is 5.95 Å². The Balaban J connectivity index is 1.70. The van der Waals surface area contributed by atoms with Gasteiger partial charge in [0.1, 0.15) is 11.6 Å². The highest BCUT2D eigenvalue weighted by atomic mass is 19.1. The van der Waals surface area contributed by atoms with E-state index in [1.807, 2.05) is 43.3 Å². The molecule has 4 nitrogen and oxygen atoms in total. The van der Waals surface area contributed by atoms with Crippen molar-refractivity contribution < 1.29 is 4.39 Å². The number of hydrogen-bond acceptors (Lipinski definition) is 4. The maximum absolute atomic E-state index is 13.6.